The Hall–Kier alpha value is -1.95. The molecule has 3 N–H and O–H groups in total. The number of aliphatic hydroxyl groups excluding tert-OH is 1. The van der Waals surface area contributed by atoms with Gasteiger partial charge in [-0.25, -0.2) is 0 Å². The molecule has 0 saturated carbocycles. The Bertz CT molecular complexity index is 449. The second kappa shape index (κ2) is 5.14. The standard InChI is InChI=1S/C12H15N3O3/c13-11(17)9-4-2-6-15(9)12(18)10(16)8-3-1-5-14-7-8/h1,3,5,7,9-10,16H,2,4,6H2,(H2,13,17). The van der Waals surface area contributed by atoms with Gasteiger partial charge in [-0.1, -0.05) is 6.07 Å². The van der Waals surface area contributed by atoms with E-state index in [9.17, 15) is 14.7 Å². The summed E-state index contributed by atoms with van der Waals surface area (Å²) in [7, 11) is 0. The monoisotopic (exact) mass is 249 g/mol. The highest BCUT2D eigenvalue weighted by Gasteiger charge is 2.35. The van der Waals surface area contributed by atoms with Gasteiger partial charge in [0.1, 0.15) is 6.04 Å². The lowest BCUT2D eigenvalue weighted by Crippen LogP contribution is -2.45. The average molecular weight is 249 g/mol. The first-order valence-corrected chi connectivity index (χ1v) is 5.79. The first kappa shape index (κ1) is 12.5. The SMILES string of the molecule is NC(=O)C1CCCN1C(=O)C(O)c1cccnc1. The number of carbonyl (C=O) groups is 2. The predicted molar refractivity (Wildman–Crippen MR) is 63.1 cm³/mol. The Kier molecular flexibility index (Phi) is 3.57. The van der Waals surface area contributed by atoms with Crippen LogP contribution >= 0.6 is 0 Å². The second-order valence-electron chi connectivity index (χ2n) is 4.28. The van der Waals surface area contributed by atoms with Gasteiger partial charge in [0.05, 0.1) is 0 Å². The van der Waals surface area contributed by atoms with E-state index < -0.39 is 24.0 Å². The quantitative estimate of drug-likeness (QED) is 0.761. The maximum Gasteiger partial charge on any atom is 0.256 e. The molecule has 6 nitrogen and oxygen atoms in total. The smallest absolute Gasteiger partial charge is 0.256 e. The summed E-state index contributed by atoms with van der Waals surface area (Å²) in [5.74, 6) is -1.02. The summed E-state index contributed by atoms with van der Waals surface area (Å²) in [6.07, 6.45) is 2.97. The van der Waals surface area contributed by atoms with Crippen LogP contribution in [-0.4, -0.2) is 39.4 Å². The number of aromatic nitrogens is 1. The van der Waals surface area contributed by atoms with E-state index in [-0.39, 0.29) is 0 Å². The summed E-state index contributed by atoms with van der Waals surface area (Å²) in [6.45, 7) is 0.448. The van der Waals surface area contributed by atoms with Gasteiger partial charge >= 0.3 is 0 Å². The van der Waals surface area contributed by atoms with E-state index in [4.69, 9.17) is 5.73 Å². The molecule has 2 rings (SSSR count). The number of hydrogen-bond acceptors (Lipinski definition) is 4. The second-order valence-corrected chi connectivity index (χ2v) is 4.28. The third kappa shape index (κ3) is 2.33. The maximum absolute atomic E-state index is 12.1. The number of rotatable bonds is 3. The van der Waals surface area contributed by atoms with Crippen LogP contribution in [0.3, 0.4) is 0 Å². The molecule has 6 heteroatoms. The van der Waals surface area contributed by atoms with Crippen LogP contribution < -0.4 is 5.73 Å². The van der Waals surface area contributed by atoms with Gasteiger partial charge in [0.25, 0.3) is 5.91 Å². The number of amides is 2. The molecule has 0 bridgehead atoms. The molecule has 2 unspecified atom stereocenters. The average Bonchev–Trinajstić information content (AvgIpc) is 2.87. The minimum Gasteiger partial charge on any atom is -0.378 e. The van der Waals surface area contributed by atoms with Crippen LogP contribution in [0.5, 0.6) is 0 Å². The van der Waals surface area contributed by atoms with Crippen LogP contribution in [0.4, 0.5) is 0 Å². The van der Waals surface area contributed by atoms with E-state index in [2.05, 4.69) is 4.98 Å². The minimum atomic E-state index is -1.29. The summed E-state index contributed by atoms with van der Waals surface area (Å²) in [6, 6.07) is 2.65. The molecule has 1 aliphatic heterocycles. The lowest BCUT2D eigenvalue weighted by Gasteiger charge is -2.24. The molecule has 1 aromatic rings. The van der Waals surface area contributed by atoms with Gasteiger partial charge in [-0.3, -0.25) is 14.6 Å². The number of nitrogens with two attached hydrogens (primary N) is 1. The van der Waals surface area contributed by atoms with Crippen molar-refractivity contribution in [3.05, 3.63) is 30.1 Å². The topological polar surface area (TPSA) is 96.5 Å². The maximum atomic E-state index is 12.1. The highest BCUT2D eigenvalue weighted by Crippen LogP contribution is 2.22. The lowest BCUT2D eigenvalue weighted by atomic mass is 10.1. The molecule has 0 radical (unpaired) electrons. The van der Waals surface area contributed by atoms with Crippen LogP contribution in [0.25, 0.3) is 0 Å². The van der Waals surface area contributed by atoms with Crippen molar-refractivity contribution in [3.8, 4) is 0 Å². The Morgan fingerprint density at radius 3 is 2.94 bits per heavy atom. The molecule has 2 amide bonds. The number of aliphatic hydroxyl groups is 1. The van der Waals surface area contributed by atoms with Gasteiger partial charge in [0.15, 0.2) is 6.10 Å². The lowest BCUT2D eigenvalue weighted by molar-refractivity contribution is -0.144. The van der Waals surface area contributed by atoms with Crippen molar-refractivity contribution in [3.63, 3.8) is 0 Å². The van der Waals surface area contributed by atoms with E-state index in [1.807, 2.05) is 0 Å². The van der Waals surface area contributed by atoms with Gasteiger partial charge in [-0.15, -0.1) is 0 Å². The van der Waals surface area contributed by atoms with E-state index in [0.29, 0.717) is 18.5 Å². The van der Waals surface area contributed by atoms with Crippen molar-refractivity contribution in [2.24, 2.45) is 5.73 Å². The molecule has 18 heavy (non-hydrogen) atoms. The molecule has 2 atom stereocenters. The van der Waals surface area contributed by atoms with Crippen molar-refractivity contribution >= 4 is 11.8 Å². The molecular weight excluding hydrogens is 234 g/mol. The predicted octanol–water partition coefficient (Wildman–Crippen LogP) is -0.409. The highest BCUT2D eigenvalue weighted by atomic mass is 16.3. The van der Waals surface area contributed by atoms with Crippen molar-refractivity contribution in [1.29, 1.82) is 0 Å². The third-order valence-electron chi connectivity index (χ3n) is 3.10. The van der Waals surface area contributed by atoms with E-state index in [1.165, 1.54) is 11.1 Å². The third-order valence-corrected chi connectivity index (χ3v) is 3.10. The molecule has 0 spiro atoms. The zero-order chi connectivity index (χ0) is 13.1. The molecule has 0 aromatic carbocycles. The fourth-order valence-corrected chi connectivity index (χ4v) is 2.16. The molecular formula is C12H15N3O3. The van der Waals surface area contributed by atoms with Crippen LogP contribution in [0, 0.1) is 0 Å². The number of hydrogen-bond donors (Lipinski definition) is 2. The fourth-order valence-electron chi connectivity index (χ4n) is 2.16. The largest absolute Gasteiger partial charge is 0.378 e. The van der Waals surface area contributed by atoms with Crippen LogP contribution in [0.1, 0.15) is 24.5 Å². The first-order valence-electron chi connectivity index (χ1n) is 5.79. The summed E-state index contributed by atoms with van der Waals surface area (Å²) >= 11 is 0. The highest BCUT2D eigenvalue weighted by molar-refractivity contribution is 5.89. The van der Waals surface area contributed by atoms with Crippen molar-refractivity contribution in [2.45, 2.75) is 25.0 Å². The molecule has 1 fully saturated rings. The van der Waals surface area contributed by atoms with Gasteiger partial charge in [-0.2, -0.15) is 0 Å². The van der Waals surface area contributed by atoms with Crippen molar-refractivity contribution < 1.29 is 14.7 Å². The fraction of sp³-hybridized carbons (Fsp3) is 0.417. The molecule has 1 saturated heterocycles. The molecule has 96 valence electrons. The summed E-state index contributed by atoms with van der Waals surface area (Å²) in [5, 5.41) is 9.97. The number of likely N-dealkylation sites (tertiary alicyclic amines) is 1. The summed E-state index contributed by atoms with van der Waals surface area (Å²) < 4.78 is 0. The van der Waals surface area contributed by atoms with E-state index >= 15 is 0 Å². The van der Waals surface area contributed by atoms with Crippen molar-refractivity contribution in [1.82, 2.24) is 9.88 Å². The zero-order valence-corrected chi connectivity index (χ0v) is 9.82. The Balaban J connectivity index is 2.14. The van der Waals surface area contributed by atoms with Gasteiger partial charge in [0, 0.05) is 24.5 Å². The Morgan fingerprint density at radius 1 is 1.56 bits per heavy atom. The van der Waals surface area contributed by atoms with Crippen LogP contribution in [-0.2, 0) is 9.59 Å². The minimum absolute atomic E-state index is 0.414. The summed E-state index contributed by atoms with van der Waals surface area (Å²) in [5.41, 5.74) is 5.65. The number of carbonyl (C=O) groups excluding carboxylic acids is 2. The molecule has 2 heterocycles. The van der Waals surface area contributed by atoms with E-state index in [0.717, 1.165) is 6.42 Å². The van der Waals surface area contributed by atoms with Gasteiger partial charge < -0.3 is 15.7 Å². The molecule has 1 aromatic heterocycles. The number of pyridine rings is 1. The van der Waals surface area contributed by atoms with Crippen LogP contribution in [0.15, 0.2) is 24.5 Å². The zero-order valence-electron chi connectivity index (χ0n) is 9.82. The van der Waals surface area contributed by atoms with Gasteiger partial charge in [-0.05, 0) is 18.9 Å². The van der Waals surface area contributed by atoms with E-state index in [1.54, 1.807) is 18.3 Å². The van der Waals surface area contributed by atoms with Crippen molar-refractivity contribution in [2.75, 3.05) is 6.54 Å². The Labute approximate surface area is 104 Å². The molecule has 1 aliphatic rings. The van der Waals surface area contributed by atoms with Crippen LogP contribution in [0.2, 0.25) is 0 Å². The number of nitrogens with zero attached hydrogens (tertiary/aromatic N) is 2. The van der Waals surface area contributed by atoms with Gasteiger partial charge in [0.2, 0.25) is 5.91 Å². The summed E-state index contributed by atoms with van der Waals surface area (Å²) in [4.78, 5) is 28.5. The number of primary amides is 1. The Morgan fingerprint density at radius 2 is 2.33 bits per heavy atom. The first-order chi connectivity index (χ1) is 8.61. The normalized spacial score (nSPS) is 20.7. The molecule has 0 aliphatic carbocycles.